The highest BCUT2D eigenvalue weighted by atomic mass is 16.5. The highest BCUT2D eigenvalue weighted by Crippen LogP contribution is 2.28. The lowest BCUT2D eigenvalue weighted by atomic mass is 10.1. The minimum atomic E-state index is -0.307. The topological polar surface area (TPSA) is 81.8 Å². The molecule has 0 saturated carbocycles. The van der Waals surface area contributed by atoms with Gasteiger partial charge in [0.15, 0.2) is 0 Å². The number of hydrogen-bond donors (Lipinski definition) is 1. The molecule has 2 atom stereocenters. The maximum Gasteiger partial charge on any atom is 0.134 e. The summed E-state index contributed by atoms with van der Waals surface area (Å²) in [6.07, 6.45) is 4.65. The van der Waals surface area contributed by atoms with Crippen molar-refractivity contribution in [3.8, 4) is 0 Å². The van der Waals surface area contributed by atoms with Gasteiger partial charge in [-0.3, -0.25) is 0 Å². The van der Waals surface area contributed by atoms with E-state index >= 15 is 0 Å². The average Bonchev–Trinajstić information content (AvgIpc) is 3.20. The number of aliphatic hydroxyl groups is 1. The third kappa shape index (κ3) is 3.32. The molecule has 8 nitrogen and oxygen atoms in total. The fraction of sp³-hybridized carbons (Fsp3) is 0.588. The summed E-state index contributed by atoms with van der Waals surface area (Å²) >= 11 is 0. The number of aromatic nitrogens is 3. The second-order valence-electron chi connectivity index (χ2n) is 7.15. The Morgan fingerprint density at radius 2 is 2.16 bits per heavy atom. The number of hydrogen-bond acceptors (Lipinski definition) is 8. The Hall–Kier alpha value is -2.19. The summed E-state index contributed by atoms with van der Waals surface area (Å²) in [4.78, 5) is 15.5. The molecule has 2 aromatic rings. The van der Waals surface area contributed by atoms with E-state index in [1.807, 2.05) is 6.07 Å². The lowest BCUT2D eigenvalue weighted by Crippen LogP contribution is -2.38. The molecule has 2 aliphatic heterocycles. The van der Waals surface area contributed by atoms with E-state index < -0.39 is 0 Å². The Morgan fingerprint density at radius 1 is 1.32 bits per heavy atom. The molecule has 0 aliphatic carbocycles. The average molecular weight is 344 g/mol. The molecule has 1 N–H and O–H groups in total. The Balaban J connectivity index is 1.55. The molecule has 4 heterocycles. The lowest BCUT2D eigenvalue weighted by Gasteiger charge is -2.30. The van der Waals surface area contributed by atoms with E-state index in [4.69, 9.17) is 4.52 Å². The fourth-order valence-electron chi connectivity index (χ4n) is 3.77. The highest BCUT2D eigenvalue weighted by molar-refractivity contribution is 5.52. The third-order valence-corrected chi connectivity index (χ3v) is 4.93. The molecule has 1 fully saturated rings. The van der Waals surface area contributed by atoms with E-state index in [1.165, 1.54) is 0 Å². The zero-order chi connectivity index (χ0) is 17.4. The van der Waals surface area contributed by atoms with Crippen LogP contribution >= 0.6 is 0 Å². The van der Waals surface area contributed by atoms with Gasteiger partial charge in [-0.25, -0.2) is 9.97 Å². The van der Waals surface area contributed by atoms with Gasteiger partial charge in [0.25, 0.3) is 0 Å². The van der Waals surface area contributed by atoms with Crippen LogP contribution in [-0.2, 0) is 13.0 Å². The highest BCUT2D eigenvalue weighted by Gasteiger charge is 2.32. The van der Waals surface area contributed by atoms with E-state index in [-0.39, 0.29) is 12.1 Å². The number of likely N-dealkylation sites (N-methyl/N-ethyl adjacent to an activating group) is 1. The number of anilines is 2. The molecular weight excluding hydrogens is 320 g/mol. The number of rotatable bonds is 4. The summed E-state index contributed by atoms with van der Waals surface area (Å²) in [5, 5.41) is 14.2. The molecule has 8 heteroatoms. The SMILES string of the molecule is CN(C)C[C@H]1C[C@@H](O)CN1c1cc(N2CCc3nocc3C2)ncn1. The van der Waals surface area contributed by atoms with Gasteiger partial charge in [0.2, 0.25) is 0 Å². The predicted molar refractivity (Wildman–Crippen MR) is 93.6 cm³/mol. The summed E-state index contributed by atoms with van der Waals surface area (Å²) in [6.45, 7) is 3.12. The summed E-state index contributed by atoms with van der Waals surface area (Å²) in [6, 6.07) is 2.29. The zero-order valence-electron chi connectivity index (χ0n) is 14.7. The molecular formula is C17H24N6O2. The maximum absolute atomic E-state index is 10.1. The second kappa shape index (κ2) is 6.61. The van der Waals surface area contributed by atoms with Crippen LogP contribution in [0, 0.1) is 0 Å². The summed E-state index contributed by atoms with van der Waals surface area (Å²) in [5.74, 6) is 1.78. The molecule has 0 aromatic carbocycles. The van der Waals surface area contributed by atoms with Crippen LogP contribution in [0.25, 0.3) is 0 Å². The first-order valence-corrected chi connectivity index (χ1v) is 8.68. The van der Waals surface area contributed by atoms with Crippen LogP contribution in [0.4, 0.5) is 11.6 Å². The van der Waals surface area contributed by atoms with Gasteiger partial charge in [0.1, 0.15) is 24.2 Å². The summed E-state index contributed by atoms with van der Waals surface area (Å²) in [5.41, 5.74) is 2.16. The van der Waals surface area contributed by atoms with Crippen molar-refractivity contribution in [2.75, 3.05) is 43.5 Å². The van der Waals surface area contributed by atoms with E-state index in [0.29, 0.717) is 6.54 Å². The van der Waals surface area contributed by atoms with Gasteiger partial charge in [-0.2, -0.15) is 0 Å². The predicted octanol–water partition coefficient (Wildman–Crippen LogP) is 0.528. The zero-order valence-corrected chi connectivity index (χ0v) is 14.7. The molecule has 2 aromatic heterocycles. The maximum atomic E-state index is 10.1. The monoisotopic (exact) mass is 344 g/mol. The smallest absolute Gasteiger partial charge is 0.134 e. The molecule has 0 bridgehead atoms. The van der Waals surface area contributed by atoms with E-state index in [1.54, 1.807) is 12.6 Å². The van der Waals surface area contributed by atoms with Gasteiger partial charge in [0, 0.05) is 50.3 Å². The minimum absolute atomic E-state index is 0.263. The summed E-state index contributed by atoms with van der Waals surface area (Å²) in [7, 11) is 4.11. The molecule has 25 heavy (non-hydrogen) atoms. The van der Waals surface area contributed by atoms with Crippen molar-refractivity contribution < 1.29 is 9.63 Å². The van der Waals surface area contributed by atoms with Crippen molar-refractivity contribution in [1.29, 1.82) is 0 Å². The molecule has 2 aliphatic rings. The Morgan fingerprint density at radius 3 is 3.00 bits per heavy atom. The molecule has 4 rings (SSSR count). The van der Waals surface area contributed by atoms with Gasteiger partial charge in [0.05, 0.1) is 11.8 Å². The number of fused-ring (bicyclic) bond motifs is 1. The van der Waals surface area contributed by atoms with E-state index in [2.05, 4.69) is 43.9 Å². The number of nitrogens with zero attached hydrogens (tertiary/aromatic N) is 6. The van der Waals surface area contributed by atoms with Gasteiger partial charge in [-0.15, -0.1) is 0 Å². The molecule has 0 radical (unpaired) electrons. The molecule has 0 amide bonds. The molecule has 134 valence electrons. The van der Waals surface area contributed by atoms with Crippen molar-refractivity contribution in [2.45, 2.75) is 31.5 Å². The van der Waals surface area contributed by atoms with Crippen LogP contribution in [-0.4, -0.2) is 71.0 Å². The number of aliphatic hydroxyl groups excluding tert-OH is 1. The first kappa shape index (κ1) is 16.3. The van der Waals surface area contributed by atoms with E-state index in [9.17, 15) is 5.11 Å². The van der Waals surface area contributed by atoms with Gasteiger partial charge < -0.3 is 24.3 Å². The first-order chi connectivity index (χ1) is 12.1. The fourth-order valence-corrected chi connectivity index (χ4v) is 3.77. The van der Waals surface area contributed by atoms with Crippen molar-refractivity contribution in [2.24, 2.45) is 0 Å². The van der Waals surface area contributed by atoms with Crippen LogP contribution in [0.5, 0.6) is 0 Å². The quantitative estimate of drug-likeness (QED) is 0.860. The van der Waals surface area contributed by atoms with E-state index in [0.717, 1.165) is 55.4 Å². The van der Waals surface area contributed by atoms with Crippen molar-refractivity contribution in [1.82, 2.24) is 20.0 Å². The van der Waals surface area contributed by atoms with Gasteiger partial charge >= 0.3 is 0 Å². The van der Waals surface area contributed by atoms with Crippen molar-refractivity contribution in [3.63, 3.8) is 0 Å². The Labute approximate surface area is 147 Å². The first-order valence-electron chi connectivity index (χ1n) is 8.68. The Bertz CT molecular complexity index is 733. The largest absolute Gasteiger partial charge is 0.391 e. The van der Waals surface area contributed by atoms with Crippen LogP contribution < -0.4 is 9.80 Å². The number of β-amino-alcohol motifs (C(OH)–C–C–N with tert-alkyl or cyclic N) is 1. The standard InChI is InChI=1S/C17H24N6O2/c1-21(2)8-13-5-14(24)9-23(13)17-6-16(18-11-19-17)22-4-3-15-12(7-22)10-25-20-15/h6,10-11,13-14,24H,3-5,7-9H2,1-2H3/t13-,14-/m1/s1. The lowest BCUT2D eigenvalue weighted by molar-refractivity contribution is 0.191. The summed E-state index contributed by atoms with van der Waals surface area (Å²) < 4.78 is 5.07. The van der Waals surface area contributed by atoms with Crippen LogP contribution in [0.15, 0.2) is 23.2 Å². The normalized spacial score (nSPS) is 23.4. The van der Waals surface area contributed by atoms with Crippen molar-refractivity contribution in [3.05, 3.63) is 29.9 Å². The van der Waals surface area contributed by atoms with Crippen LogP contribution in [0.2, 0.25) is 0 Å². The third-order valence-electron chi connectivity index (χ3n) is 4.93. The molecule has 1 saturated heterocycles. The Kier molecular flexibility index (Phi) is 4.30. The van der Waals surface area contributed by atoms with Crippen LogP contribution in [0.3, 0.4) is 0 Å². The van der Waals surface area contributed by atoms with Gasteiger partial charge in [-0.1, -0.05) is 5.16 Å². The van der Waals surface area contributed by atoms with Crippen LogP contribution in [0.1, 0.15) is 17.7 Å². The minimum Gasteiger partial charge on any atom is -0.391 e. The van der Waals surface area contributed by atoms with Gasteiger partial charge in [-0.05, 0) is 20.5 Å². The second-order valence-corrected chi connectivity index (χ2v) is 7.15. The van der Waals surface area contributed by atoms with Crippen molar-refractivity contribution >= 4 is 11.6 Å². The molecule has 0 spiro atoms. The molecule has 0 unspecified atom stereocenters.